The number of pyridine rings is 1. The average Bonchev–Trinajstić information content (AvgIpc) is 3.43. The van der Waals surface area contributed by atoms with Crippen molar-refractivity contribution in [3.05, 3.63) is 24.0 Å². The fraction of sp³-hybridized carbons (Fsp3) is 0.667. The fourth-order valence-electron chi connectivity index (χ4n) is 3.76. The van der Waals surface area contributed by atoms with Crippen molar-refractivity contribution in [1.82, 2.24) is 15.6 Å². The largest absolute Gasteiger partial charge is 0.489 e. The Balaban J connectivity index is 1.33. The molecule has 1 aromatic rings. The number of carbonyl (C=O) groups excluding carboxylic acids is 1. The Kier molecular flexibility index (Phi) is 3.56. The molecule has 3 fully saturated rings. The third-order valence-electron chi connectivity index (χ3n) is 5.28. The summed E-state index contributed by atoms with van der Waals surface area (Å²) in [4.78, 5) is 16.6. The molecule has 1 aromatic heterocycles. The van der Waals surface area contributed by atoms with Crippen molar-refractivity contribution in [3.63, 3.8) is 0 Å². The third-order valence-corrected chi connectivity index (χ3v) is 5.28. The summed E-state index contributed by atoms with van der Waals surface area (Å²) in [5.41, 5.74) is 0.878. The summed E-state index contributed by atoms with van der Waals surface area (Å²) < 4.78 is 6.01. The van der Waals surface area contributed by atoms with Gasteiger partial charge >= 0.3 is 0 Å². The minimum absolute atomic E-state index is 0.184. The van der Waals surface area contributed by atoms with Gasteiger partial charge in [0.15, 0.2) is 0 Å². The molecule has 0 aromatic carbocycles. The minimum Gasteiger partial charge on any atom is -0.489 e. The van der Waals surface area contributed by atoms with E-state index >= 15 is 0 Å². The van der Waals surface area contributed by atoms with Gasteiger partial charge in [0.1, 0.15) is 12.4 Å². The predicted molar refractivity (Wildman–Crippen MR) is 87.3 cm³/mol. The van der Waals surface area contributed by atoms with E-state index in [4.69, 9.17) is 4.74 Å². The van der Waals surface area contributed by atoms with Crippen LogP contribution >= 0.6 is 0 Å². The van der Waals surface area contributed by atoms with Gasteiger partial charge in [-0.15, -0.1) is 0 Å². The Hall–Kier alpha value is -1.62. The molecule has 2 aliphatic carbocycles. The Morgan fingerprint density at radius 1 is 1.39 bits per heavy atom. The molecule has 2 saturated carbocycles. The molecule has 0 spiro atoms. The third kappa shape index (κ3) is 3.07. The number of nitrogens with zero attached hydrogens (tertiary/aromatic N) is 1. The van der Waals surface area contributed by atoms with Gasteiger partial charge in [-0.05, 0) is 63.6 Å². The fourth-order valence-corrected chi connectivity index (χ4v) is 3.76. The number of aromatic nitrogens is 1. The van der Waals surface area contributed by atoms with Crippen LogP contribution in [0.5, 0.6) is 5.75 Å². The number of amides is 1. The summed E-state index contributed by atoms with van der Waals surface area (Å²) in [6.45, 7) is 6.48. The highest BCUT2D eigenvalue weighted by Gasteiger charge is 2.57. The van der Waals surface area contributed by atoms with Crippen LogP contribution in [0.1, 0.15) is 38.2 Å². The van der Waals surface area contributed by atoms with E-state index in [1.165, 1.54) is 18.4 Å². The number of rotatable bonds is 6. The maximum Gasteiger partial charge on any atom is 0.224 e. The van der Waals surface area contributed by atoms with Crippen LogP contribution in [0.2, 0.25) is 0 Å². The number of nitrogens with one attached hydrogen (secondary N) is 2. The smallest absolute Gasteiger partial charge is 0.224 e. The molecule has 0 radical (unpaired) electrons. The monoisotopic (exact) mass is 315 g/mol. The lowest BCUT2D eigenvalue weighted by Crippen LogP contribution is -2.49. The summed E-state index contributed by atoms with van der Waals surface area (Å²) in [6.07, 6.45) is 6.09. The molecule has 0 unspecified atom stereocenters. The first-order chi connectivity index (χ1) is 11.1. The van der Waals surface area contributed by atoms with Crippen LogP contribution in [-0.2, 0) is 4.79 Å². The van der Waals surface area contributed by atoms with Gasteiger partial charge in [-0.2, -0.15) is 0 Å². The molecular weight excluding hydrogens is 290 g/mol. The van der Waals surface area contributed by atoms with Crippen LogP contribution in [0.15, 0.2) is 18.5 Å². The van der Waals surface area contributed by atoms with Crippen molar-refractivity contribution in [3.8, 4) is 5.75 Å². The molecule has 23 heavy (non-hydrogen) atoms. The molecule has 3 aliphatic rings. The normalized spacial score (nSPS) is 29.0. The molecule has 5 nitrogen and oxygen atoms in total. The van der Waals surface area contributed by atoms with Crippen molar-refractivity contribution in [2.24, 2.45) is 17.8 Å². The topological polar surface area (TPSA) is 63.2 Å². The minimum atomic E-state index is -0.377. The molecule has 1 amide bonds. The molecular formula is C18H25N3O2. The predicted octanol–water partition coefficient (Wildman–Crippen LogP) is 1.70. The highest BCUT2D eigenvalue weighted by atomic mass is 16.5. The van der Waals surface area contributed by atoms with E-state index in [-0.39, 0.29) is 17.4 Å². The van der Waals surface area contributed by atoms with Crippen LogP contribution in [0, 0.1) is 17.8 Å². The zero-order chi connectivity index (χ0) is 16.0. The maximum absolute atomic E-state index is 12.4. The molecule has 2 N–H and O–H groups in total. The zero-order valence-corrected chi connectivity index (χ0v) is 13.8. The second-order valence-corrected chi connectivity index (χ2v) is 7.86. The molecule has 0 bridgehead atoms. The van der Waals surface area contributed by atoms with E-state index in [1.54, 1.807) is 6.20 Å². The maximum atomic E-state index is 12.4. The lowest BCUT2D eigenvalue weighted by Gasteiger charge is -2.27. The zero-order valence-electron chi connectivity index (χ0n) is 13.8. The van der Waals surface area contributed by atoms with E-state index < -0.39 is 0 Å². The van der Waals surface area contributed by atoms with Crippen molar-refractivity contribution in [2.75, 3.05) is 19.7 Å². The highest BCUT2D eigenvalue weighted by Crippen LogP contribution is 2.49. The quantitative estimate of drug-likeness (QED) is 0.839. The lowest BCUT2D eigenvalue weighted by molar-refractivity contribution is -0.125. The number of carbonyl (C=O) groups is 1. The van der Waals surface area contributed by atoms with Gasteiger partial charge < -0.3 is 15.4 Å². The Labute approximate surface area is 137 Å². The average molecular weight is 315 g/mol. The summed E-state index contributed by atoms with van der Waals surface area (Å²) in [6, 6.07) is 2.05. The molecule has 3 atom stereocenters. The van der Waals surface area contributed by atoms with Crippen LogP contribution in [-0.4, -0.2) is 36.1 Å². The van der Waals surface area contributed by atoms with Crippen LogP contribution in [0.3, 0.4) is 0 Å². The van der Waals surface area contributed by atoms with Crippen molar-refractivity contribution in [2.45, 2.75) is 38.1 Å². The van der Waals surface area contributed by atoms with Crippen molar-refractivity contribution in [1.29, 1.82) is 0 Å². The van der Waals surface area contributed by atoms with Gasteiger partial charge in [0, 0.05) is 17.7 Å². The molecule has 1 aliphatic heterocycles. The van der Waals surface area contributed by atoms with Gasteiger partial charge in [0.05, 0.1) is 11.7 Å². The lowest BCUT2D eigenvalue weighted by atomic mass is 10.1. The SMILES string of the molecule is CC(C)(COc1cnccc1C1CC1)NC(=O)[C@H]1[C@@H]2CNC[C@@H]21. The van der Waals surface area contributed by atoms with Gasteiger partial charge in [-0.25, -0.2) is 0 Å². The van der Waals surface area contributed by atoms with E-state index in [1.807, 2.05) is 20.0 Å². The second kappa shape index (κ2) is 5.48. The van der Waals surface area contributed by atoms with Crippen LogP contribution in [0.25, 0.3) is 0 Å². The number of hydrogen-bond donors (Lipinski definition) is 2. The van der Waals surface area contributed by atoms with Crippen molar-refractivity contribution >= 4 is 5.91 Å². The first-order valence-corrected chi connectivity index (χ1v) is 8.65. The molecule has 124 valence electrons. The van der Waals surface area contributed by atoms with E-state index in [0.29, 0.717) is 24.4 Å². The van der Waals surface area contributed by atoms with Crippen LogP contribution < -0.4 is 15.4 Å². The highest BCUT2D eigenvalue weighted by molar-refractivity contribution is 5.83. The van der Waals surface area contributed by atoms with Crippen molar-refractivity contribution < 1.29 is 9.53 Å². The summed E-state index contributed by atoms with van der Waals surface area (Å²) in [5, 5.41) is 6.50. The molecule has 5 heteroatoms. The second-order valence-electron chi connectivity index (χ2n) is 7.86. The first-order valence-electron chi connectivity index (χ1n) is 8.65. The van der Waals surface area contributed by atoms with Gasteiger partial charge in [0.25, 0.3) is 0 Å². The number of ether oxygens (including phenoxy) is 1. The standard InChI is InChI=1S/C18H25N3O2/c1-18(2,21-17(22)16-13-7-20-8-14(13)16)10-23-15-9-19-6-5-12(15)11-3-4-11/h5-6,9,11,13-14,16,20H,3-4,7-8,10H2,1-2H3,(H,21,22)/t13-,14+,16+. The number of piperidine rings is 1. The summed E-state index contributed by atoms with van der Waals surface area (Å²) in [7, 11) is 0. The van der Waals surface area contributed by atoms with Crippen LogP contribution in [0.4, 0.5) is 0 Å². The van der Waals surface area contributed by atoms with Gasteiger partial charge in [0.2, 0.25) is 5.91 Å². The first kappa shape index (κ1) is 14.9. The molecule has 2 heterocycles. The number of fused-ring (bicyclic) bond motifs is 1. The van der Waals surface area contributed by atoms with E-state index in [9.17, 15) is 4.79 Å². The van der Waals surface area contributed by atoms with Gasteiger partial charge in [-0.1, -0.05) is 0 Å². The Morgan fingerprint density at radius 3 is 2.83 bits per heavy atom. The number of hydrogen-bond acceptors (Lipinski definition) is 4. The van der Waals surface area contributed by atoms with E-state index in [2.05, 4.69) is 21.7 Å². The van der Waals surface area contributed by atoms with E-state index in [0.717, 1.165) is 18.8 Å². The Morgan fingerprint density at radius 2 is 2.13 bits per heavy atom. The summed E-state index contributed by atoms with van der Waals surface area (Å²) in [5.74, 6) is 2.98. The van der Waals surface area contributed by atoms with Gasteiger partial charge in [-0.3, -0.25) is 9.78 Å². The Bertz CT molecular complexity index is 602. The molecule has 4 rings (SSSR count). The molecule has 1 saturated heterocycles. The summed E-state index contributed by atoms with van der Waals surface area (Å²) >= 11 is 0.